The van der Waals surface area contributed by atoms with Crippen molar-refractivity contribution < 1.29 is 26.7 Å². The molecule has 1 aliphatic heterocycles. The molecule has 2 aromatic carbocycles. The summed E-state index contributed by atoms with van der Waals surface area (Å²) >= 11 is 0. The molecule has 3 rings (SSSR count). The number of amides is 1. The van der Waals surface area contributed by atoms with Gasteiger partial charge in [0.05, 0.1) is 11.4 Å². The number of nitrogens with one attached hydrogen (secondary N) is 1. The van der Waals surface area contributed by atoms with Crippen LogP contribution in [0.15, 0.2) is 48.5 Å². The summed E-state index contributed by atoms with van der Waals surface area (Å²) in [6.07, 6.45) is 0.780. The molecule has 0 saturated carbocycles. The summed E-state index contributed by atoms with van der Waals surface area (Å²) in [6, 6.07) is 13.7. The minimum absolute atomic E-state index is 0.0295. The highest BCUT2D eigenvalue weighted by molar-refractivity contribution is 7.92. The van der Waals surface area contributed by atoms with E-state index in [2.05, 4.69) is 0 Å². The Morgan fingerprint density at radius 2 is 1.76 bits per heavy atom. The number of hydrogen-bond donors (Lipinski definition) is 3. The average molecular weight is 440 g/mol. The highest BCUT2D eigenvalue weighted by Crippen LogP contribution is 2.32. The molecule has 1 fully saturated rings. The molecular weight excluding hydrogens is 418 g/mol. The van der Waals surface area contributed by atoms with Crippen molar-refractivity contribution >= 4 is 31.8 Å². The second kappa shape index (κ2) is 8.01. The molecule has 4 N–H and O–H groups in total. The molecular formula is C18H21N3O6S2. The van der Waals surface area contributed by atoms with E-state index in [0.717, 1.165) is 9.87 Å². The van der Waals surface area contributed by atoms with Crippen molar-refractivity contribution in [2.75, 3.05) is 16.6 Å². The number of carbonyl (C=O) groups excluding carboxylic acids is 1. The van der Waals surface area contributed by atoms with Crippen molar-refractivity contribution in [3.8, 4) is 5.75 Å². The summed E-state index contributed by atoms with van der Waals surface area (Å²) in [5, 5.41) is 15.6. The van der Waals surface area contributed by atoms with Crippen molar-refractivity contribution in [1.82, 2.24) is 4.72 Å². The smallest absolute Gasteiger partial charge is 0.326 e. The third kappa shape index (κ3) is 5.46. The van der Waals surface area contributed by atoms with Crippen molar-refractivity contribution in [3.63, 3.8) is 0 Å². The Labute approximate surface area is 169 Å². The second-order valence-electron chi connectivity index (χ2n) is 6.95. The molecule has 0 aromatic heterocycles. The van der Waals surface area contributed by atoms with Crippen molar-refractivity contribution in [1.29, 1.82) is 0 Å². The minimum Gasteiger partial charge on any atom is -0.506 e. The van der Waals surface area contributed by atoms with Gasteiger partial charge in [0.25, 0.3) is 5.91 Å². The molecule has 156 valence electrons. The fourth-order valence-electron chi connectivity index (χ4n) is 3.37. The van der Waals surface area contributed by atoms with Crippen LogP contribution in [0.3, 0.4) is 0 Å². The number of hydrogen-bond acceptors (Lipinski definition) is 6. The van der Waals surface area contributed by atoms with E-state index in [1.165, 1.54) is 12.1 Å². The maximum Gasteiger partial charge on any atom is 0.326 e. The van der Waals surface area contributed by atoms with E-state index in [4.69, 9.17) is 5.14 Å². The predicted molar refractivity (Wildman–Crippen MR) is 108 cm³/mol. The van der Waals surface area contributed by atoms with Gasteiger partial charge in [-0.1, -0.05) is 36.4 Å². The van der Waals surface area contributed by atoms with Crippen LogP contribution in [0.25, 0.3) is 0 Å². The zero-order valence-corrected chi connectivity index (χ0v) is 17.0. The van der Waals surface area contributed by atoms with Crippen LogP contribution in [0.1, 0.15) is 11.1 Å². The Morgan fingerprint density at radius 1 is 1.10 bits per heavy atom. The summed E-state index contributed by atoms with van der Waals surface area (Å²) in [5.41, 5.74) is 1.54. The van der Waals surface area contributed by atoms with E-state index in [-0.39, 0.29) is 23.1 Å². The van der Waals surface area contributed by atoms with Crippen molar-refractivity contribution in [2.24, 2.45) is 11.1 Å². The third-order valence-corrected chi connectivity index (χ3v) is 6.82. The maximum absolute atomic E-state index is 11.9. The molecule has 1 atom stereocenters. The highest BCUT2D eigenvalue weighted by atomic mass is 32.2. The van der Waals surface area contributed by atoms with Gasteiger partial charge in [-0.25, -0.2) is 22.6 Å². The van der Waals surface area contributed by atoms with Crippen molar-refractivity contribution in [2.45, 2.75) is 12.8 Å². The number of carbonyl (C=O) groups is 1. The lowest BCUT2D eigenvalue weighted by Crippen LogP contribution is -2.29. The van der Waals surface area contributed by atoms with Gasteiger partial charge < -0.3 is 5.11 Å². The molecule has 1 saturated heterocycles. The fourth-order valence-corrected chi connectivity index (χ4v) is 5.42. The van der Waals surface area contributed by atoms with E-state index in [1.807, 2.05) is 35.1 Å². The standard InChI is InChI=1S/C18H21N3O6S2/c19-28(24,25)12-15(8-13-4-2-1-3-5-13)9-14-6-7-16(17(22)10-14)21-11-18(23)20-29(21,26)27/h1-7,10,15,22H,8-9,11-12H2,(H,20,23)(H2,19,24,25)/t15-/m0/s1. The number of nitrogens with zero attached hydrogens (tertiary/aromatic N) is 1. The number of benzene rings is 2. The van der Waals surface area contributed by atoms with E-state index in [9.17, 15) is 26.7 Å². The highest BCUT2D eigenvalue weighted by Gasteiger charge is 2.35. The molecule has 0 unspecified atom stereocenters. The van der Waals surface area contributed by atoms with Crippen LogP contribution >= 0.6 is 0 Å². The lowest BCUT2D eigenvalue weighted by molar-refractivity contribution is -0.117. The molecule has 0 bridgehead atoms. The van der Waals surface area contributed by atoms with Crippen LogP contribution in [-0.4, -0.2) is 40.1 Å². The van der Waals surface area contributed by atoms with Gasteiger partial charge in [0.2, 0.25) is 10.0 Å². The Balaban J connectivity index is 1.83. The molecule has 29 heavy (non-hydrogen) atoms. The van der Waals surface area contributed by atoms with Gasteiger partial charge in [0, 0.05) is 0 Å². The van der Waals surface area contributed by atoms with Gasteiger partial charge in [0.15, 0.2) is 0 Å². The van der Waals surface area contributed by atoms with E-state index >= 15 is 0 Å². The van der Waals surface area contributed by atoms with Crippen LogP contribution in [0, 0.1) is 5.92 Å². The maximum atomic E-state index is 11.9. The zero-order chi connectivity index (χ0) is 21.2. The summed E-state index contributed by atoms with van der Waals surface area (Å²) in [7, 11) is -7.75. The summed E-state index contributed by atoms with van der Waals surface area (Å²) < 4.78 is 49.8. The van der Waals surface area contributed by atoms with Gasteiger partial charge in [-0.3, -0.25) is 4.79 Å². The van der Waals surface area contributed by atoms with E-state index in [1.54, 1.807) is 6.07 Å². The molecule has 1 heterocycles. The number of phenols is 1. The SMILES string of the molecule is NS(=O)(=O)C[C@@H](Cc1ccccc1)Cc1ccc(N2CC(=O)NS2(=O)=O)c(O)c1. The first-order valence-corrected chi connectivity index (χ1v) is 11.9. The first-order valence-electron chi connectivity index (χ1n) is 8.73. The fraction of sp³-hybridized carbons (Fsp3) is 0.278. The number of primary sulfonamides is 1. The molecule has 1 amide bonds. The van der Waals surface area contributed by atoms with Gasteiger partial charge in [-0.15, -0.1) is 0 Å². The number of rotatable bonds is 7. The van der Waals surface area contributed by atoms with Gasteiger partial charge in [0.1, 0.15) is 12.3 Å². The monoisotopic (exact) mass is 439 g/mol. The Bertz CT molecular complexity index is 1120. The molecule has 9 nitrogen and oxygen atoms in total. The topological polar surface area (TPSA) is 147 Å². The normalized spacial score (nSPS) is 17.1. The van der Waals surface area contributed by atoms with Crippen LogP contribution in [0.4, 0.5) is 5.69 Å². The Morgan fingerprint density at radius 3 is 2.31 bits per heavy atom. The molecule has 0 spiro atoms. The number of nitrogens with two attached hydrogens (primary N) is 1. The largest absolute Gasteiger partial charge is 0.506 e. The van der Waals surface area contributed by atoms with Crippen LogP contribution in [0.2, 0.25) is 0 Å². The summed E-state index contributed by atoms with van der Waals surface area (Å²) in [5.74, 6) is -1.58. The molecule has 11 heteroatoms. The Hall–Kier alpha value is -2.63. The zero-order valence-electron chi connectivity index (χ0n) is 15.4. The predicted octanol–water partition coefficient (Wildman–Crippen LogP) is 0.263. The second-order valence-corrected chi connectivity index (χ2v) is 10.2. The lowest BCUT2D eigenvalue weighted by atomic mass is 9.94. The van der Waals surface area contributed by atoms with Gasteiger partial charge in [-0.2, -0.15) is 8.42 Å². The van der Waals surface area contributed by atoms with Gasteiger partial charge >= 0.3 is 10.2 Å². The first kappa shape index (κ1) is 21.1. The third-order valence-electron chi connectivity index (χ3n) is 4.49. The van der Waals surface area contributed by atoms with Crippen LogP contribution in [-0.2, 0) is 37.9 Å². The van der Waals surface area contributed by atoms with Crippen molar-refractivity contribution in [3.05, 3.63) is 59.7 Å². The molecule has 0 aliphatic carbocycles. The summed E-state index contributed by atoms with van der Waals surface area (Å²) in [4.78, 5) is 11.4. The van der Waals surface area contributed by atoms with Crippen LogP contribution in [0.5, 0.6) is 5.75 Å². The quantitative estimate of drug-likeness (QED) is 0.564. The number of sulfonamides is 1. The van der Waals surface area contributed by atoms with Gasteiger partial charge in [-0.05, 0) is 42.0 Å². The first-order chi connectivity index (χ1) is 13.5. The number of phenolic OH excluding ortho intramolecular Hbond substituents is 1. The van der Waals surface area contributed by atoms with Crippen LogP contribution < -0.4 is 14.2 Å². The lowest BCUT2D eigenvalue weighted by Gasteiger charge is -2.19. The minimum atomic E-state index is -4.03. The summed E-state index contributed by atoms with van der Waals surface area (Å²) in [6.45, 7) is -0.419. The molecule has 0 radical (unpaired) electrons. The van der Waals surface area contributed by atoms with E-state index in [0.29, 0.717) is 18.4 Å². The molecule has 2 aromatic rings. The number of aromatic hydroxyl groups is 1. The molecule has 1 aliphatic rings. The average Bonchev–Trinajstić information content (AvgIpc) is 2.86. The van der Waals surface area contributed by atoms with E-state index < -0.39 is 32.7 Å². The Kier molecular flexibility index (Phi) is 5.82. The number of anilines is 1.